The number of carbonyl (C=O) groups is 1. The Bertz CT molecular complexity index is 608. The molecule has 0 aromatic carbocycles. The number of fused-ring (bicyclic) bond motifs is 3. The summed E-state index contributed by atoms with van der Waals surface area (Å²) in [7, 11) is 0. The number of hydrogen-bond acceptors (Lipinski definition) is 4. The first-order valence-electron chi connectivity index (χ1n) is 7.15. The minimum atomic E-state index is 0.0682. The molecule has 2 aromatic heterocycles. The second-order valence-electron chi connectivity index (χ2n) is 5.84. The summed E-state index contributed by atoms with van der Waals surface area (Å²) in [6.07, 6.45) is 6.01. The number of amides is 1. The first-order chi connectivity index (χ1) is 9.78. The predicted octanol–water partition coefficient (Wildman–Crippen LogP) is 2.12. The summed E-state index contributed by atoms with van der Waals surface area (Å²) in [4.78, 5) is 19.7. The highest BCUT2D eigenvalue weighted by Crippen LogP contribution is 2.28. The van der Waals surface area contributed by atoms with Crippen molar-refractivity contribution in [3.05, 3.63) is 29.4 Å². The van der Waals surface area contributed by atoms with Gasteiger partial charge >= 0.3 is 0 Å². The minimum Gasteiger partial charge on any atom is -0.347 e. The van der Waals surface area contributed by atoms with E-state index in [-0.39, 0.29) is 5.91 Å². The van der Waals surface area contributed by atoms with Gasteiger partial charge in [0.15, 0.2) is 0 Å². The standard InChI is InChI=1S/C15H17N3OS/c19-15(14-6-11-7-16-3-1-13(11)20-14)17-12-5-10-2-4-18(8-10)9-12/h1,3,6-7,10,12H,2,4-5,8-9H2,(H,17,19)/t10-,12-/m1/s1. The molecule has 4 rings (SSSR count). The molecule has 4 nitrogen and oxygen atoms in total. The molecule has 4 heterocycles. The van der Waals surface area contributed by atoms with E-state index in [9.17, 15) is 4.79 Å². The summed E-state index contributed by atoms with van der Waals surface area (Å²) in [5, 5.41) is 4.26. The molecular formula is C15H17N3OS. The lowest BCUT2D eigenvalue weighted by Crippen LogP contribution is -2.46. The Morgan fingerprint density at radius 3 is 3.25 bits per heavy atom. The number of piperidine rings is 1. The van der Waals surface area contributed by atoms with Crippen LogP contribution < -0.4 is 5.32 Å². The van der Waals surface area contributed by atoms with E-state index < -0.39 is 0 Å². The molecule has 104 valence electrons. The lowest BCUT2D eigenvalue weighted by molar-refractivity contribution is 0.0913. The summed E-state index contributed by atoms with van der Waals surface area (Å²) >= 11 is 1.55. The fourth-order valence-corrected chi connectivity index (χ4v) is 4.35. The van der Waals surface area contributed by atoms with Gasteiger partial charge in [0.25, 0.3) is 5.91 Å². The molecule has 0 aliphatic carbocycles. The van der Waals surface area contributed by atoms with E-state index in [1.54, 1.807) is 17.5 Å². The first-order valence-corrected chi connectivity index (χ1v) is 7.96. The maximum Gasteiger partial charge on any atom is 0.261 e. The molecular weight excluding hydrogens is 270 g/mol. The highest BCUT2D eigenvalue weighted by atomic mass is 32.1. The highest BCUT2D eigenvalue weighted by Gasteiger charge is 2.33. The van der Waals surface area contributed by atoms with Crippen molar-refractivity contribution in [1.29, 1.82) is 0 Å². The first kappa shape index (κ1) is 12.3. The Morgan fingerprint density at radius 1 is 1.45 bits per heavy atom. The van der Waals surface area contributed by atoms with Crippen LogP contribution >= 0.6 is 11.3 Å². The van der Waals surface area contributed by atoms with Crippen LogP contribution in [-0.4, -0.2) is 41.5 Å². The Kier molecular flexibility index (Phi) is 2.97. The predicted molar refractivity (Wildman–Crippen MR) is 80.0 cm³/mol. The number of nitrogens with zero attached hydrogens (tertiary/aromatic N) is 2. The number of hydrogen-bond donors (Lipinski definition) is 1. The smallest absolute Gasteiger partial charge is 0.261 e. The second-order valence-corrected chi connectivity index (χ2v) is 6.93. The molecule has 2 aromatic rings. The minimum absolute atomic E-state index is 0.0682. The topological polar surface area (TPSA) is 45.2 Å². The van der Waals surface area contributed by atoms with Gasteiger partial charge in [-0.05, 0) is 37.4 Å². The maximum absolute atomic E-state index is 12.4. The molecule has 0 radical (unpaired) electrons. The van der Waals surface area contributed by atoms with Crippen LogP contribution in [0.5, 0.6) is 0 Å². The molecule has 2 bridgehead atoms. The monoisotopic (exact) mass is 287 g/mol. The van der Waals surface area contributed by atoms with E-state index in [1.807, 2.05) is 18.3 Å². The van der Waals surface area contributed by atoms with Crippen LogP contribution in [0.15, 0.2) is 24.5 Å². The largest absolute Gasteiger partial charge is 0.347 e. The number of nitrogens with one attached hydrogen (secondary N) is 1. The summed E-state index contributed by atoms with van der Waals surface area (Å²) in [5.74, 6) is 0.847. The Balaban J connectivity index is 1.49. The van der Waals surface area contributed by atoms with Crippen LogP contribution in [0.3, 0.4) is 0 Å². The van der Waals surface area contributed by atoms with Gasteiger partial charge in [-0.3, -0.25) is 9.78 Å². The zero-order chi connectivity index (χ0) is 13.5. The molecule has 2 aliphatic rings. The lowest BCUT2D eigenvalue weighted by Gasteiger charge is -2.30. The van der Waals surface area contributed by atoms with Gasteiger partial charge in [0.2, 0.25) is 0 Å². The van der Waals surface area contributed by atoms with E-state index >= 15 is 0 Å². The van der Waals surface area contributed by atoms with Crippen LogP contribution in [0.2, 0.25) is 0 Å². The quantitative estimate of drug-likeness (QED) is 0.920. The van der Waals surface area contributed by atoms with Crippen LogP contribution in [0.4, 0.5) is 0 Å². The molecule has 0 saturated carbocycles. The Labute approximate surface area is 121 Å². The van der Waals surface area contributed by atoms with Crippen molar-refractivity contribution in [3.8, 4) is 0 Å². The molecule has 1 amide bonds. The van der Waals surface area contributed by atoms with Crippen molar-refractivity contribution >= 4 is 27.3 Å². The summed E-state index contributed by atoms with van der Waals surface area (Å²) in [6, 6.07) is 4.22. The third-order valence-electron chi connectivity index (χ3n) is 4.34. The number of pyridine rings is 1. The molecule has 20 heavy (non-hydrogen) atoms. The van der Waals surface area contributed by atoms with Crippen molar-refractivity contribution < 1.29 is 4.79 Å². The summed E-state index contributed by atoms with van der Waals surface area (Å²) < 4.78 is 1.12. The van der Waals surface area contributed by atoms with Crippen molar-refractivity contribution in [1.82, 2.24) is 15.2 Å². The number of rotatable bonds is 2. The third-order valence-corrected chi connectivity index (χ3v) is 5.46. The van der Waals surface area contributed by atoms with Crippen molar-refractivity contribution in [2.24, 2.45) is 5.92 Å². The molecule has 3 atom stereocenters. The van der Waals surface area contributed by atoms with Gasteiger partial charge in [0.05, 0.1) is 4.88 Å². The molecule has 1 unspecified atom stereocenters. The Hall–Kier alpha value is -1.46. The second kappa shape index (κ2) is 4.82. The van der Waals surface area contributed by atoms with Gasteiger partial charge < -0.3 is 10.2 Å². The van der Waals surface area contributed by atoms with Gasteiger partial charge in [-0.25, -0.2) is 0 Å². The number of aromatic nitrogens is 1. The van der Waals surface area contributed by atoms with Crippen LogP contribution in [0.1, 0.15) is 22.5 Å². The summed E-state index contributed by atoms with van der Waals surface area (Å²) in [6.45, 7) is 3.43. The fourth-order valence-electron chi connectivity index (χ4n) is 3.42. The maximum atomic E-state index is 12.4. The van der Waals surface area contributed by atoms with Gasteiger partial charge in [0, 0.05) is 41.6 Å². The molecule has 1 N–H and O–H groups in total. The van der Waals surface area contributed by atoms with Crippen LogP contribution in [-0.2, 0) is 0 Å². The van der Waals surface area contributed by atoms with E-state index in [0.717, 1.165) is 33.8 Å². The number of carbonyl (C=O) groups excluding carboxylic acids is 1. The Morgan fingerprint density at radius 2 is 2.40 bits per heavy atom. The van der Waals surface area contributed by atoms with E-state index in [0.29, 0.717) is 6.04 Å². The summed E-state index contributed by atoms with van der Waals surface area (Å²) in [5.41, 5.74) is 0. The highest BCUT2D eigenvalue weighted by molar-refractivity contribution is 7.20. The molecule has 0 spiro atoms. The SMILES string of the molecule is O=C(N[C@@H]1C[C@H]2CCN(C2)C1)c1cc2cnccc2s1. The van der Waals surface area contributed by atoms with Gasteiger partial charge in [-0.2, -0.15) is 0 Å². The molecule has 2 fully saturated rings. The number of thiophene rings is 1. The van der Waals surface area contributed by atoms with Gasteiger partial charge in [0.1, 0.15) is 0 Å². The zero-order valence-electron chi connectivity index (χ0n) is 11.2. The third kappa shape index (κ3) is 2.21. The van der Waals surface area contributed by atoms with Crippen molar-refractivity contribution in [3.63, 3.8) is 0 Å². The fraction of sp³-hybridized carbons (Fsp3) is 0.467. The normalized spacial score (nSPS) is 28.7. The van der Waals surface area contributed by atoms with E-state index in [4.69, 9.17) is 0 Å². The van der Waals surface area contributed by atoms with E-state index in [1.165, 1.54) is 19.5 Å². The average molecular weight is 287 g/mol. The zero-order valence-corrected chi connectivity index (χ0v) is 12.0. The molecule has 2 saturated heterocycles. The molecule has 5 heteroatoms. The lowest BCUT2D eigenvalue weighted by atomic mass is 9.97. The van der Waals surface area contributed by atoms with Gasteiger partial charge in [-0.15, -0.1) is 11.3 Å². The van der Waals surface area contributed by atoms with Crippen molar-refractivity contribution in [2.75, 3.05) is 19.6 Å². The van der Waals surface area contributed by atoms with E-state index in [2.05, 4.69) is 15.2 Å². The van der Waals surface area contributed by atoms with Crippen molar-refractivity contribution in [2.45, 2.75) is 18.9 Å². The molecule has 2 aliphatic heterocycles. The van der Waals surface area contributed by atoms with Crippen LogP contribution in [0.25, 0.3) is 10.1 Å². The van der Waals surface area contributed by atoms with Gasteiger partial charge in [-0.1, -0.05) is 0 Å². The van der Waals surface area contributed by atoms with Crippen LogP contribution in [0, 0.1) is 5.92 Å². The average Bonchev–Trinajstić information content (AvgIpc) is 3.02.